The monoisotopic (exact) mass is 424 g/mol. The molecular formula is C21H29ClN2O3S. The SMILES string of the molecule is C[C@@H](NC(=O)CN(c1cccc(Cl)c1)S(C)(=O)=O)C12CC3CC(CC(C3)C1)C2. The number of rotatable bonds is 6. The van der Waals surface area contributed by atoms with Crippen molar-refractivity contribution in [3.8, 4) is 0 Å². The second-order valence-corrected chi connectivity index (χ2v) is 11.7. The highest BCUT2D eigenvalue weighted by atomic mass is 35.5. The molecule has 0 saturated heterocycles. The van der Waals surface area contributed by atoms with Gasteiger partial charge in [-0.3, -0.25) is 9.10 Å². The first-order valence-corrected chi connectivity index (χ1v) is 12.4. The van der Waals surface area contributed by atoms with Crippen LogP contribution in [0.1, 0.15) is 45.4 Å². The van der Waals surface area contributed by atoms with Gasteiger partial charge in [0.2, 0.25) is 15.9 Å². The average Bonchev–Trinajstić information content (AvgIpc) is 2.57. The summed E-state index contributed by atoms with van der Waals surface area (Å²) in [4.78, 5) is 12.8. The van der Waals surface area contributed by atoms with Gasteiger partial charge in [-0.15, -0.1) is 0 Å². The average molecular weight is 425 g/mol. The molecule has 0 aromatic heterocycles. The molecule has 1 atom stereocenters. The fraction of sp³-hybridized carbons (Fsp3) is 0.667. The molecule has 4 aliphatic rings. The molecule has 5 rings (SSSR count). The molecule has 5 nitrogen and oxygen atoms in total. The Morgan fingerprint density at radius 1 is 1.21 bits per heavy atom. The molecule has 4 fully saturated rings. The quantitative estimate of drug-likeness (QED) is 0.754. The van der Waals surface area contributed by atoms with Crippen LogP contribution in [0.2, 0.25) is 5.02 Å². The summed E-state index contributed by atoms with van der Waals surface area (Å²) in [5, 5.41) is 3.58. The van der Waals surface area contributed by atoms with E-state index in [1.807, 2.05) is 0 Å². The number of carbonyl (C=O) groups excluding carboxylic acids is 1. The van der Waals surface area contributed by atoms with Crippen LogP contribution in [0.15, 0.2) is 24.3 Å². The number of nitrogens with zero attached hydrogens (tertiary/aromatic N) is 1. The smallest absolute Gasteiger partial charge is 0.241 e. The van der Waals surface area contributed by atoms with Crippen LogP contribution in [-0.2, 0) is 14.8 Å². The lowest BCUT2D eigenvalue weighted by atomic mass is 9.48. The van der Waals surface area contributed by atoms with E-state index in [9.17, 15) is 13.2 Å². The van der Waals surface area contributed by atoms with Crippen LogP contribution in [-0.4, -0.2) is 33.2 Å². The van der Waals surface area contributed by atoms with Crippen molar-refractivity contribution >= 4 is 33.2 Å². The molecule has 0 aliphatic heterocycles. The van der Waals surface area contributed by atoms with Crippen LogP contribution in [0.25, 0.3) is 0 Å². The fourth-order valence-corrected chi connectivity index (χ4v) is 7.34. The van der Waals surface area contributed by atoms with E-state index in [1.165, 1.54) is 38.5 Å². The molecule has 1 N–H and O–H groups in total. The van der Waals surface area contributed by atoms with E-state index in [0.717, 1.165) is 28.3 Å². The molecule has 28 heavy (non-hydrogen) atoms. The summed E-state index contributed by atoms with van der Waals surface area (Å²) in [6, 6.07) is 6.65. The van der Waals surface area contributed by atoms with Gasteiger partial charge in [0, 0.05) is 11.1 Å². The van der Waals surface area contributed by atoms with Gasteiger partial charge in [-0.25, -0.2) is 8.42 Å². The van der Waals surface area contributed by atoms with Crippen molar-refractivity contribution in [3.05, 3.63) is 29.3 Å². The molecule has 4 aliphatic carbocycles. The second kappa shape index (κ2) is 7.21. The van der Waals surface area contributed by atoms with E-state index in [2.05, 4.69) is 12.2 Å². The number of halogens is 1. The number of anilines is 1. The van der Waals surface area contributed by atoms with Crippen LogP contribution in [0.3, 0.4) is 0 Å². The third kappa shape index (κ3) is 3.90. The van der Waals surface area contributed by atoms with Gasteiger partial charge in [0.25, 0.3) is 0 Å². The highest BCUT2D eigenvalue weighted by Gasteiger charge is 2.53. The van der Waals surface area contributed by atoms with Gasteiger partial charge >= 0.3 is 0 Å². The Hall–Kier alpha value is -1.27. The lowest BCUT2D eigenvalue weighted by Crippen LogP contribution is -2.56. The van der Waals surface area contributed by atoms with Crippen LogP contribution >= 0.6 is 11.6 Å². The number of hydrogen-bond donors (Lipinski definition) is 1. The Bertz CT molecular complexity index is 835. The van der Waals surface area contributed by atoms with Gasteiger partial charge in [0.15, 0.2) is 0 Å². The molecule has 1 amide bonds. The van der Waals surface area contributed by atoms with E-state index in [0.29, 0.717) is 10.7 Å². The zero-order valence-electron chi connectivity index (χ0n) is 16.5. The molecule has 154 valence electrons. The van der Waals surface area contributed by atoms with E-state index >= 15 is 0 Å². The fourth-order valence-electron chi connectivity index (χ4n) is 6.31. The van der Waals surface area contributed by atoms with Crippen LogP contribution in [0.4, 0.5) is 5.69 Å². The minimum absolute atomic E-state index is 0.0640. The van der Waals surface area contributed by atoms with Crippen molar-refractivity contribution in [1.82, 2.24) is 5.32 Å². The highest BCUT2D eigenvalue weighted by Crippen LogP contribution is 2.61. The molecule has 0 heterocycles. The molecule has 7 heteroatoms. The summed E-state index contributed by atoms with van der Waals surface area (Å²) in [7, 11) is -3.60. The Labute approximate surface area is 172 Å². The highest BCUT2D eigenvalue weighted by molar-refractivity contribution is 7.92. The summed E-state index contributed by atoms with van der Waals surface area (Å²) in [5.74, 6) is 2.17. The van der Waals surface area contributed by atoms with Crippen molar-refractivity contribution in [1.29, 1.82) is 0 Å². The Morgan fingerprint density at radius 2 is 1.79 bits per heavy atom. The maximum absolute atomic E-state index is 12.8. The van der Waals surface area contributed by atoms with Gasteiger partial charge in [-0.1, -0.05) is 17.7 Å². The van der Waals surface area contributed by atoms with Crippen LogP contribution in [0, 0.1) is 23.2 Å². The maximum Gasteiger partial charge on any atom is 0.241 e. The van der Waals surface area contributed by atoms with Gasteiger partial charge in [0.1, 0.15) is 6.54 Å². The third-order valence-corrected chi connectivity index (χ3v) is 8.54. The Kier molecular flexibility index (Phi) is 5.15. The number of sulfonamides is 1. The topological polar surface area (TPSA) is 66.5 Å². The van der Waals surface area contributed by atoms with Crippen molar-refractivity contribution in [2.24, 2.45) is 23.2 Å². The summed E-state index contributed by atoms with van der Waals surface area (Å²) in [6.45, 7) is 1.88. The molecule has 4 saturated carbocycles. The minimum Gasteiger partial charge on any atom is -0.352 e. The standard InChI is InChI=1S/C21H29ClN2O3S/c1-14(21-10-15-6-16(11-21)8-17(7-15)12-21)23-20(25)13-24(28(2,26)27)19-5-3-4-18(22)9-19/h3-5,9,14-17H,6-8,10-13H2,1-2H3,(H,23,25)/t14-,15?,16?,17?,21?/m1/s1. The van der Waals surface area contributed by atoms with Crippen LogP contribution in [0.5, 0.6) is 0 Å². The van der Waals surface area contributed by atoms with Crippen molar-refractivity contribution < 1.29 is 13.2 Å². The molecule has 1 aromatic carbocycles. The predicted molar refractivity (Wildman–Crippen MR) is 112 cm³/mol. The maximum atomic E-state index is 12.8. The first-order valence-electron chi connectivity index (χ1n) is 10.2. The van der Waals surface area contributed by atoms with E-state index in [1.54, 1.807) is 24.3 Å². The van der Waals surface area contributed by atoms with Gasteiger partial charge < -0.3 is 5.32 Å². The summed E-state index contributed by atoms with van der Waals surface area (Å²) in [5.41, 5.74) is 0.601. The molecule has 0 radical (unpaired) electrons. The van der Waals surface area contributed by atoms with Crippen LogP contribution < -0.4 is 9.62 Å². The first kappa shape index (κ1) is 20.0. The number of hydrogen-bond acceptors (Lipinski definition) is 3. The van der Waals surface area contributed by atoms with Crippen molar-refractivity contribution in [2.75, 3.05) is 17.1 Å². The number of benzene rings is 1. The molecular weight excluding hydrogens is 396 g/mol. The number of nitrogens with one attached hydrogen (secondary N) is 1. The third-order valence-electron chi connectivity index (χ3n) is 7.17. The molecule has 4 bridgehead atoms. The zero-order chi connectivity index (χ0) is 20.1. The van der Waals surface area contributed by atoms with E-state index in [4.69, 9.17) is 11.6 Å². The lowest BCUT2D eigenvalue weighted by Gasteiger charge is -2.59. The summed E-state index contributed by atoms with van der Waals surface area (Å²) >= 11 is 6.01. The van der Waals surface area contributed by atoms with Gasteiger partial charge in [-0.05, 0) is 86.8 Å². The second-order valence-electron chi connectivity index (χ2n) is 9.32. The molecule has 1 aromatic rings. The number of amides is 1. The Morgan fingerprint density at radius 3 is 2.29 bits per heavy atom. The minimum atomic E-state index is -3.60. The van der Waals surface area contributed by atoms with Gasteiger partial charge in [0.05, 0.1) is 11.9 Å². The molecule has 0 spiro atoms. The molecule has 0 unspecified atom stereocenters. The first-order chi connectivity index (χ1) is 13.1. The Balaban J connectivity index is 1.47. The van der Waals surface area contributed by atoms with Gasteiger partial charge in [-0.2, -0.15) is 0 Å². The van der Waals surface area contributed by atoms with Crippen molar-refractivity contribution in [3.63, 3.8) is 0 Å². The van der Waals surface area contributed by atoms with Crippen molar-refractivity contribution in [2.45, 2.75) is 51.5 Å². The summed E-state index contributed by atoms with van der Waals surface area (Å²) in [6.07, 6.45) is 8.78. The van der Waals surface area contributed by atoms with E-state index < -0.39 is 10.0 Å². The normalized spacial score (nSPS) is 32.2. The number of carbonyl (C=O) groups is 1. The largest absolute Gasteiger partial charge is 0.352 e. The zero-order valence-corrected chi connectivity index (χ0v) is 18.1. The van der Waals surface area contributed by atoms with E-state index in [-0.39, 0.29) is 23.9 Å². The predicted octanol–water partition coefficient (Wildman–Crippen LogP) is 3.83. The lowest BCUT2D eigenvalue weighted by molar-refractivity contribution is -0.124. The summed E-state index contributed by atoms with van der Waals surface area (Å²) < 4.78 is 25.7.